The normalized spacial score (nSPS) is 16.5. The number of likely N-dealkylation sites (tertiary alicyclic amines) is 1. The molecule has 27 heavy (non-hydrogen) atoms. The van der Waals surface area contributed by atoms with E-state index < -0.39 is 0 Å². The van der Waals surface area contributed by atoms with Crippen LogP contribution < -0.4 is 5.32 Å². The summed E-state index contributed by atoms with van der Waals surface area (Å²) in [5, 5.41) is 3.12. The number of carbonyl (C=O) groups excluding carboxylic acids is 2. The Kier molecular flexibility index (Phi) is 6.64. The van der Waals surface area contributed by atoms with Gasteiger partial charge in [-0.2, -0.15) is 0 Å². The van der Waals surface area contributed by atoms with Crippen LogP contribution in [0.15, 0.2) is 60.7 Å². The number of benzene rings is 2. The Morgan fingerprint density at radius 1 is 1.04 bits per heavy atom. The molecular weight excluding hydrogens is 336 g/mol. The standard InChI is InChI=1S/C23H28N2O2/c1-2-10-22(26)25-16-9-15-21(25)23(27)24-17-20(18-11-5-3-6-12-18)19-13-7-4-8-14-19/h3-8,11-14,20-21H,2,9-10,15-17H2,1H3,(H,24,27). The molecule has 142 valence electrons. The van der Waals surface area contributed by atoms with Crippen LogP contribution in [0.2, 0.25) is 0 Å². The molecule has 1 aliphatic rings. The largest absolute Gasteiger partial charge is 0.353 e. The Morgan fingerprint density at radius 2 is 1.63 bits per heavy atom. The van der Waals surface area contributed by atoms with Gasteiger partial charge in [0.2, 0.25) is 11.8 Å². The third-order valence-corrected chi connectivity index (χ3v) is 5.22. The highest BCUT2D eigenvalue weighted by molar-refractivity contribution is 5.88. The molecule has 0 radical (unpaired) electrons. The molecule has 0 spiro atoms. The number of nitrogens with zero attached hydrogens (tertiary/aromatic N) is 1. The smallest absolute Gasteiger partial charge is 0.242 e. The number of nitrogens with one attached hydrogen (secondary N) is 1. The fraction of sp³-hybridized carbons (Fsp3) is 0.391. The van der Waals surface area contributed by atoms with Gasteiger partial charge in [0.15, 0.2) is 0 Å². The van der Waals surface area contributed by atoms with Crippen molar-refractivity contribution in [2.45, 2.75) is 44.6 Å². The predicted octanol–water partition coefficient (Wildman–Crippen LogP) is 3.73. The molecule has 1 fully saturated rings. The molecule has 1 atom stereocenters. The van der Waals surface area contributed by atoms with Crippen molar-refractivity contribution in [3.8, 4) is 0 Å². The molecule has 2 aromatic rings. The van der Waals surface area contributed by atoms with Gasteiger partial charge in [-0.3, -0.25) is 9.59 Å². The van der Waals surface area contributed by atoms with Gasteiger partial charge in [-0.25, -0.2) is 0 Å². The molecule has 1 heterocycles. The van der Waals surface area contributed by atoms with Crippen molar-refractivity contribution in [1.29, 1.82) is 0 Å². The van der Waals surface area contributed by atoms with Gasteiger partial charge in [0.05, 0.1) is 0 Å². The van der Waals surface area contributed by atoms with Crippen molar-refractivity contribution in [1.82, 2.24) is 10.2 Å². The van der Waals surface area contributed by atoms with E-state index in [4.69, 9.17) is 0 Å². The van der Waals surface area contributed by atoms with Gasteiger partial charge < -0.3 is 10.2 Å². The molecule has 0 aromatic heterocycles. The Morgan fingerprint density at radius 3 is 2.19 bits per heavy atom. The maximum absolute atomic E-state index is 12.8. The summed E-state index contributed by atoms with van der Waals surface area (Å²) in [6, 6.07) is 20.1. The van der Waals surface area contributed by atoms with E-state index in [1.54, 1.807) is 4.90 Å². The van der Waals surface area contributed by atoms with E-state index in [9.17, 15) is 9.59 Å². The first-order valence-electron chi connectivity index (χ1n) is 9.87. The van der Waals surface area contributed by atoms with Crippen LogP contribution in [0.4, 0.5) is 0 Å². The zero-order chi connectivity index (χ0) is 19.1. The second-order valence-electron chi connectivity index (χ2n) is 7.11. The van der Waals surface area contributed by atoms with Crippen LogP contribution >= 0.6 is 0 Å². The highest BCUT2D eigenvalue weighted by atomic mass is 16.2. The predicted molar refractivity (Wildman–Crippen MR) is 107 cm³/mol. The van der Waals surface area contributed by atoms with Crippen molar-refractivity contribution < 1.29 is 9.59 Å². The molecule has 1 saturated heterocycles. The first-order valence-corrected chi connectivity index (χ1v) is 9.87. The Balaban J connectivity index is 1.70. The molecule has 1 aliphatic heterocycles. The van der Waals surface area contributed by atoms with Crippen LogP contribution in [0.3, 0.4) is 0 Å². The van der Waals surface area contributed by atoms with Gasteiger partial charge >= 0.3 is 0 Å². The minimum atomic E-state index is -0.323. The second kappa shape index (κ2) is 9.36. The minimum Gasteiger partial charge on any atom is -0.353 e. The lowest BCUT2D eigenvalue weighted by Crippen LogP contribution is -2.46. The molecule has 3 rings (SSSR count). The summed E-state index contributed by atoms with van der Waals surface area (Å²) in [5.74, 6) is 0.157. The lowest BCUT2D eigenvalue weighted by atomic mass is 9.91. The summed E-state index contributed by atoms with van der Waals surface area (Å²) in [5.41, 5.74) is 2.35. The van der Waals surface area contributed by atoms with Crippen LogP contribution in [0.5, 0.6) is 0 Å². The van der Waals surface area contributed by atoms with Gasteiger partial charge in [-0.05, 0) is 30.4 Å². The van der Waals surface area contributed by atoms with Crippen LogP contribution in [-0.4, -0.2) is 35.8 Å². The van der Waals surface area contributed by atoms with Gasteiger partial charge in [0.1, 0.15) is 6.04 Å². The summed E-state index contributed by atoms with van der Waals surface area (Å²) in [6.45, 7) is 3.21. The SMILES string of the molecule is CCCC(=O)N1CCCC1C(=O)NCC(c1ccccc1)c1ccccc1. The zero-order valence-electron chi connectivity index (χ0n) is 15.9. The van der Waals surface area contributed by atoms with Gasteiger partial charge in [0.25, 0.3) is 0 Å². The summed E-state index contributed by atoms with van der Waals surface area (Å²) >= 11 is 0. The maximum Gasteiger partial charge on any atom is 0.242 e. The highest BCUT2D eigenvalue weighted by Crippen LogP contribution is 2.24. The summed E-state index contributed by atoms with van der Waals surface area (Å²) < 4.78 is 0. The summed E-state index contributed by atoms with van der Waals surface area (Å²) in [4.78, 5) is 26.9. The summed E-state index contributed by atoms with van der Waals surface area (Å²) in [6.07, 6.45) is 2.98. The van der Waals surface area contributed by atoms with Crippen molar-refractivity contribution >= 4 is 11.8 Å². The lowest BCUT2D eigenvalue weighted by molar-refractivity contribution is -0.138. The van der Waals surface area contributed by atoms with Crippen LogP contribution in [0, 0.1) is 0 Å². The first kappa shape index (κ1) is 19.2. The Labute approximate surface area is 161 Å². The topological polar surface area (TPSA) is 49.4 Å². The van der Waals surface area contributed by atoms with E-state index in [2.05, 4.69) is 29.6 Å². The average Bonchev–Trinajstić information content (AvgIpc) is 3.20. The fourth-order valence-electron chi connectivity index (χ4n) is 3.81. The monoisotopic (exact) mass is 364 g/mol. The van der Waals surface area contributed by atoms with E-state index in [1.165, 1.54) is 11.1 Å². The lowest BCUT2D eigenvalue weighted by Gasteiger charge is -2.25. The molecule has 1 N–H and O–H groups in total. The molecule has 4 heteroatoms. The van der Waals surface area contributed by atoms with E-state index in [0.29, 0.717) is 19.5 Å². The number of amides is 2. The van der Waals surface area contributed by atoms with Crippen molar-refractivity contribution in [3.63, 3.8) is 0 Å². The molecule has 0 saturated carbocycles. The molecule has 4 nitrogen and oxygen atoms in total. The van der Waals surface area contributed by atoms with Gasteiger partial charge in [-0.1, -0.05) is 67.6 Å². The molecule has 0 aliphatic carbocycles. The van der Waals surface area contributed by atoms with Crippen LogP contribution in [0.1, 0.15) is 49.7 Å². The third kappa shape index (κ3) is 4.76. The molecular formula is C23H28N2O2. The van der Waals surface area contributed by atoms with Crippen LogP contribution in [0.25, 0.3) is 0 Å². The van der Waals surface area contributed by atoms with Gasteiger partial charge in [0, 0.05) is 25.4 Å². The number of rotatable bonds is 7. The molecule has 2 aromatic carbocycles. The minimum absolute atomic E-state index is 0.0335. The van der Waals surface area contributed by atoms with Gasteiger partial charge in [-0.15, -0.1) is 0 Å². The molecule has 1 unspecified atom stereocenters. The van der Waals surface area contributed by atoms with E-state index in [0.717, 1.165) is 19.3 Å². The van der Waals surface area contributed by atoms with E-state index in [-0.39, 0.29) is 23.8 Å². The molecule has 2 amide bonds. The number of hydrogen-bond donors (Lipinski definition) is 1. The number of carbonyl (C=O) groups is 2. The Bertz CT molecular complexity index is 706. The van der Waals surface area contributed by atoms with E-state index >= 15 is 0 Å². The third-order valence-electron chi connectivity index (χ3n) is 5.22. The average molecular weight is 364 g/mol. The zero-order valence-corrected chi connectivity index (χ0v) is 15.9. The summed E-state index contributed by atoms with van der Waals surface area (Å²) in [7, 11) is 0. The van der Waals surface area contributed by atoms with E-state index in [1.807, 2.05) is 43.3 Å². The maximum atomic E-state index is 12.8. The quantitative estimate of drug-likeness (QED) is 0.814. The van der Waals surface area contributed by atoms with Crippen LogP contribution in [-0.2, 0) is 9.59 Å². The fourth-order valence-corrected chi connectivity index (χ4v) is 3.81. The molecule has 0 bridgehead atoms. The Hall–Kier alpha value is -2.62. The first-order chi connectivity index (χ1) is 13.2. The van der Waals surface area contributed by atoms with Crippen molar-refractivity contribution in [2.24, 2.45) is 0 Å². The number of hydrogen-bond acceptors (Lipinski definition) is 2. The second-order valence-corrected chi connectivity index (χ2v) is 7.11. The van der Waals surface area contributed by atoms with Crippen molar-refractivity contribution in [2.75, 3.05) is 13.1 Å². The van der Waals surface area contributed by atoms with Crippen molar-refractivity contribution in [3.05, 3.63) is 71.8 Å². The highest BCUT2D eigenvalue weighted by Gasteiger charge is 2.33.